The minimum Gasteiger partial charge on any atom is -0.373 e. The fourth-order valence-electron chi connectivity index (χ4n) is 3.98. The molecule has 1 atom stereocenters. The molecule has 2 aliphatic rings. The van der Waals surface area contributed by atoms with Crippen molar-refractivity contribution in [2.75, 3.05) is 25.5 Å². The lowest BCUT2D eigenvalue weighted by atomic mass is 9.99. The van der Waals surface area contributed by atoms with Crippen molar-refractivity contribution in [1.82, 2.24) is 24.9 Å². The van der Waals surface area contributed by atoms with Crippen LogP contribution in [0.1, 0.15) is 59.9 Å². The van der Waals surface area contributed by atoms with E-state index in [1.165, 1.54) is 6.20 Å². The molecule has 2 aromatic rings. The van der Waals surface area contributed by atoms with Gasteiger partial charge in [0, 0.05) is 38.7 Å². The highest BCUT2D eigenvalue weighted by Crippen LogP contribution is 2.33. The number of aromatic nitrogens is 3. The van der Waals surface area contributed by atoms with Crippen molar-refractivity contribution in [3.8, 4) is 0 Å². The first-order valence-corrected chi connectivity index (χ1v) is 9.63. The number of rotatable bonds is 3. The quantitative estimate of drug-likeness (QED) is 0.860. The van der Waals surface area contributed by atoms with E-state index in [9.17, 15) is 9.59 Å². The first kappa shape index (κ1) is 18.4. The summed E-state index contributed by atoms with van der Waals surface area (Å²) in [6.45, 7) is 3.33. The van der Waals surface area contributed by atoms with E-state index in [1.54, 1.807) is 22.8 Å². The number of hydrogen-bond acceptors (Lipinski definition) is 7. The molecule has 0 aliphatic carbocycles. The SMILES string of the molecule is CNc1nc(C2CCCCN2C(=O)c2ccno2)nc2c1CCN(C(C)=O)C2. The fourth-order valence-corrected chi connectivity index (χ4v) is 3.98. The average Bonchev–Trinajstić information content (AvgIpc) is 3.26. The Bertz CT molecular complexity index is 882. The molecule has 0 bridgehead atoms. The zero-order valence-electron chi connectivity index (χ0n) is 16.1. The number of hydrogen-bond donors (Lipinski definition) is 1. The van der Waals surface area contributed by atoms with E-state index in [2.05, 4.69) is 10.5 Å². The van der Waals surface area contributed by atoms with Crippen molar-refractivity contribution in [2.24, 2.45) is 0 Å². The van der Waals surface area contributed by atoms with E-state index >= 15 is 0 Å². The summed E-state index contributed by atoms with van der Waals surface area (Å²) in [4.78, 5) is 37.8. The van der Waals surface area contributed by atoms with Gasteiger partial charge in [0.1, 0.15) is 5.82 Å². The van der Waals surface area contributed by atoms with E-state index in [4.69, 9.17) is 14.5 Å². The fraction of sp³-hybridized carbons (Fsp3) is 0.526. The molecule has 28 heavy (non-hydrogen) atoms. The lowest BCUT2D eigenvalue weighted by Gasteiger charge is -2.35. The third kappa shape index (κ3) is 3.32. The van der Waals surface area contributed by atoms with Gasteiger partial charge in [-0.3, -0.25) is 9.59 Å². The van der Waals surface area contributed by atoms with Crippen LogP contribution in [-0.4, -0.2) is 56.9 Å². The first-order chi connectivity index (χ1) is 13.6. The minimum absolute atomic E-state index is 0.0385. The van der Waals surface area contributed by atoms with Crippen LogP contribution in [0.2, 0.25) is 0 Å². The second-order valence-electron chi connectivity index (χ2n) is 7.18. The molecule has 0 radical (unpaired) electrons. The summed E-state index contributed by atoms with van der Waals surface area (Å²) in [6.07, 6.45) is 4.91. The Labute approximate surface area is 163 Å². The third-order valence-corrected chi connectivity index (χ3v) is 5.47. The van der Waals surface area contributed by atoms with Gasteiger partial charge in [0.25, 0.3) is 5.91 Å². The van der Waals surface area contributed by atoms with Crippen LogP contribution in [0.4, 0.5) is 5.82 Å². The molecule has 4 heterocycles. The summed E-state index contributed by atoms with van der Waals surface area (Å²) in [5.41, 5.74) is 1.90. The monoisotopic (exact) mass is 384 g/mol. The Hall–Kier alpha value is -2.97. The number of fused-ring (bicyclic) bond motifs is 1. The average molecular weight is 384 g/mol. The van der Waals surface area contributed by atoms with Gasteiger partial charge >= 0.3 is 0 Å². The van der Waals surface area contributed by atoms with Gasteiger partial charge in [0.15, 0.2) is 5.82 Å². The lowest BCUT2D eigenvalue weighted by Crippen LogP contribution is -2.40. The molecule has 2 amide bonds. The zero-order valence-corrected chi connectivity index (χ0v) is 16.1. The highest BCUT2D eigenvalue weighted by molar-refractivity contribution is 5.91. The number of nitrogens with zero attached hydrogens (tertiary/aromatic N) is 5. The Balaban J connectivity index is 1.69. The molecule has 9 nitrogen and oxygen atoms in total. The van der Waals surface area contributed by atoms with Gasteiger partial charge in [-0.2, -0.15) is 0 Å². The number of carbonyl (C=O) groups excluding carboxylic acids is 2. The molecule has 2 aliphatic heterocycles. The molecular weight excluding hydrogens is 360 g/mol. The molecule has 0 aromatic carbocycles. The number of nitrogens with one attached hydrogen (secondary N) is 1. The van der Waals surface area contributed by atoms with Gasteiger partial charge in [0.05, 0.1) is 24.5 Å². The highest BCUT2D eigenvalue weighted by Gasteiger charge is 2.34. The largest absolute Gasteiger partial charge is 0.373 e. The first-order valence-electron chi connectivity index (χ1n) is 9.63. The Morgan fingerprint density at radius 1 is 1.25 bits per heavy atom. The van der Waals surface area contributed by atoms with E-state index < -0.39 is 0 Å². The highest BCUT2D eigenvalue weighted by atomic mass is 16.5. The van der Waals surface area contributed by atoms with E-state index in [1.807, 2.05) is 7.05 Å². The molecule has 1 unspecified atom stereocenters. The molecule has 4 rings (SSSR count). The molecule has 1 N–H and O–H groups in total. The van der Waals surface area contributed by atoms with Crippen LogP contribution in [0, 0.1) is 0 Å². The standard InChI is InChI=1S/C19H24N6O3/c1-12(26)24-10-7-13-14(11-24)22-18(23-17(13)20-2)15-5-3-4-9-25(15)19(27)16-6-8-21-28-16/h6,8,15H,3-5,7,9-11H2,1-2H3,(H,20,22,23). The predicted octanol–water partition coefficient (Wildman–Crippen LogP) is 1.78. The maximum atomic E-state index is 12.9. The maximum Gasteiger partial charge on any atom is 0.293 e. The van der Waals surface area contributed by atoms with Gasteiger partial charge in [-0.15, -0.1) is 0 Å². The van der Waals surface area contributed by atoms with Gasteiger partial charge in [-0.05, 0) is 25.7 Å². The second kappa shape index (κ2) is 7.57. The molecule has 2 aromatic heterocycles. The predicted molar refractivity (Wildman–Crippen MR) is 101 cm³/mol. The van der Waals surface area contributed by atoms with Crippen LogP contribution in [0.5, 0.6) is 0 Å². The molecule has 1 fully saturated rings. The molecule has 9 heteroatoms. The van der Waals surface area contributed by atoms with E-state index in [0.29, 0.717) is 25.5 Å². The van der Waals surface area contributed by atoms with Crippen molar-refractivity contribution in [3.05, 3.63) is 35.1 Å². The topological polar surface area (TPSA) is 104 Å². The van der Waals surface area contributed by atoms with Crippen LogP contribution < -0.4 is 5.32 Å². The van der Waals surface area contributed by atoms with Crippen molar-refractivity contribution in [3.63, 3.8) is 0 Å². The lowest BCUT2D eigenvalue weighted by molar-refractivity contribution is -0.129. The van der Waals surface area contributed by atoms with E-state index in [-0.39, 0.29) is 23.6 Å². The summed E-state index contributed by atoms with van der Waals surface area (Å²) in [5.74, 6) is 1.46. The van der Waals surface area contributed by atoms with E-state index in [0.717, 1.165) is 42.8 Å². The minimum atomic E-state index is -0.226. The van der Waals surface area contributed by atoms with Gasteiger partial charge in [-0.25, -0.2) is 9.97 Å². The van der Waals surface area contributed by atoms with Crippen molar-refractivity contribution in [2.45, 2.75) is 45.2 Å². The zero-order chi connectivity index (χ0) is 19.7. The van der Waals surface area contributed by atoms with Crippen molar-refractivity contribution < 1.29 is 14.1 Å². The summed E-state index contributed by atoms with van der Waals surface area (Å²) in [7, 11) is 1.84. The number of amides is 2. The Morgan fingerprint density at radius 2 is 2.11 bits per heavy atom. The van der Waals surface area contributed by atoms with Crippen molar-refractivity contribution >= 4 is 17.6 Å². The third-order valence-electron chi connectivity index (χ3n) is 5.47. The summed E-state index contributed by atoms with van der Waals surface area (Å²) < 4.78 is 5.07. The number of carbonyl (C=O) groups is 2. The van der Waals surface area contributed by atoms with Crippen LogP contribution in [0.15, 0.2) is 16.8 Å². The smallest absolute Gasteiger partial charge is 0.293 e. The van der Waals surface area contributed by atoms with Crippen LogP contribution >= 0.6 is 0 Å². The molecule has 0 spiro atoms. The molecule has 0 saturated carbocycles. The Kier molecular flexibility index (Phi) is 4.97. The van der Waals surface area contributed by atoms with Gasteiger partial charge < -0.3 is 19.6 Å². The van der Waals surface area contributed by atoms with Crippen LogP contribution in [0.3, 0.4) is 0 Å². The van der Waals surface area contributed by atoms with Crippen LogP contribution in [0.25, 0.3) is 0 Å². The number of anilines is 1. The second-order valence-corrected chi connectivity index (χ2v) is 7.18. The Morgan fingerprint density at radius 3 is 2.82 bits per heavy atom. The number of likely N-dealkylation sites (tertiary alicyclic amines) is 1. The van der Waals surface area contributed by atoms with Crippen LogP contribution in [-0.2, 0) is 17.8 Å². The normalized spacial score (nSPS) is 19.3. The molecular formula is C19H24N6O3. The van der Waals surface area contributed by atoms with Crippen molar-refractivity contribution in [1.29, 1.82) is 0 Å². The molecule has 148 valence electrons. The van der Waals surface area contributed by atoms with Gasteiger partial charge in [-0.1, -0.05) is 5.16 Å². The summed E-state index contributed by atoms with van der Waals surface area (Å²) >= 11 is 0. The molecule has 1 saturated heterocycles. The summed E-state index contributed by atoms with van der Waals surface area (Å²) in [6, 6.07) is 1.35. The number of piperidine rings is 1. The summed E-state index contributed by atoms with van der Waals surface area (Å²) in [5, 5.41) is 6.81. The van der Waals surface area contributed by atoms with Gasteiger partial charge in [0.2, 0.25) is 11.7 Å². The maximum absolute atomic E-state index is 12.9.